The first kappa shape index (κ1) is 15.5. The molecule has 0 bridgehead atoms. The summed E-state index contributed by atoms with van der Waals surface area (Å²) in [4.78, 5) is 10.4. The molecule has 0 fully saturated rings. The molecule has 0 atom stereocenters. The fourth-order valence-electron chi connectivity index (χ4n) is 1.80. The number of nitro groups is 1. The molecule has 0 aliphatic heterocycles. The standard InChI is InChI=1S/C14H10Cl2FNO3/c15-7-9-6-10(17)4-5-14(9)21-8-11-12(16)2-1-3-13(11)18(19)20/h1-6H,7-8H2. The first-order valence-electron chi connectivity index (χ1n) is 5.92. The van der Waals surface area contributed by atoms with Gasteiger partial charge in [0.25, 0.3) is 5.69 Å². The van der Waals surface area contributed by atoms with Crippen LogP contribution in [-0.4, -0.2) is 4.92 Å². The zero-order valence-corrected chi connectivity index (χ0v) is 12.2. The van der Waals surface area contributed by atoms with Crippen molar-refractivity contribution in [1.29, 1.82) is 0 Å². The molecule has 0 aromatic heterocycles. The molecule has 0 saturated heterocycles. The van der Waals surface area contributed by atoms with E-state index in [1.165, 1.54) is 30.3 Å². The fraction of sp³-hybridized carbons (Fsp3) is 0.143. The molecule has 2 aromatic carbocycles. The predicted molar refractivity (Wildman–Crippen MR) is 78.4 cm³/mol. The van der Waals surface area contributed by atoms with Gasteiger partial charge in [0.15, 0.2) is 0 Å². The third-order valence-electron chi connectivity index (χ3n) is 2.83. The van der Waals surface area contributed by atoms with Crippen molar-refractivity contribution in [3.8, 4) is 5.75 Å². The molecule has 0 radical (unpaired) electrons. The summed E-state index contributed by atoms with van der Waals surface area (Å²) in [6, 6.07) is 8.29. The molecule has 0 unspecified atom stereocenters. The number of benzene rings is 2. The van der Waals surface area contributed by atoms with Crippen LogP contribution in [0.3, 0.4) is 0 Å². The van der Waals surface area contributed by atoms with Gasteiger partial charge < -0.3 is 4.74 Å². The third-order valence-corrected chi connectivity index (χ3v) is 3.47. The van der Waals surface area contributed by atoms with Crippen molar-refractivity contribution >= 4 is 28.9 Å². The number of hydrogen-bond acceptors (Lipinski definition) is 3. The van der Waals surface area contributed by atoms with Gasteiger partial charge in [0.05, 0.1) is 21.4 Å². The molecule has 2 aromatic rings. The predicted octanol–water partition coefficient (Wildman–Crippen LogP) is 4.71. The lowest BCUT2D eigenvalue weighted by Crippen LogP contribution is -2.03. The summed E-state index contributed by atoms with van der Waals surface area (Å²) in [5.74, 6) is -0.000105. The number of halogens is 3. The van der Waals surface area contributed by atoms with E-state index in [4.69, 9.17) is 27.9 Å². The summed E-state index contributed by atoms with van der Waals surface area (Å²) >= 11 is 11.7. The molecular weight excluding hydrogens is 320 g/mol. The highest BCUT2D eigenvalue weighted by Crippen LogP contribution is 2.29. The average molecular weight is 330 g/mol. The van der Waals surface area contributed by atoms with E-state index >= 15 is 0 Å². The van der Waals surface area contributed by atoms with Gasteiger partial charge in [0, 0.05) is 11.6 Å². The Hall–Kier alpha value is -1.85. The van der Waals surface area contributed by atoms with Crippen LogP contribution in [0.4, 0.5) is 10.1 Å². The maximum atomic E-state index is 13.1. The minimum atomic E-state index is -0.530. The minimum absolute atomic E-state index is 0.0672. The number of hydrogen-bond donors (Lipinski definition) is 0. The van der Waals surface area contributed by atoms with Gasteiger partial charge in [-0.25, -0.2) is 4.39 Å². The molecule has 0 heterocycles. The Bertz CT molecular complexity index is 679. The van der Waals surface area contributed by atoms with Gasteiger partial charge in [-0.15, -0.1) is 11.6 Å². The monoisotopic (exact) mass is 329 g/mol. The lowest BCUT2D eigenvalue weighted by Gasteiger charge is -2.11. The molecule has 0 spiro atoms. The van der Waals surface area contributed by atoms with E-state index in [0.717, 1.165) is 0 Å². The Labute approximate surface area is 130 Å². The number of nitrogens with zero attached hydrogens (tertiary/aromatic N) is 1. The van der Waals surface area contributed by atoms with E-state index in [9.17, 15) is 14.5 Å². The zero-order chi connectivity index (χ0) is 15.4. The van der Waals surface area contributed by atoms with E-state index in [-0.39, 0.29) is 28.8 Å². The van der Waals surface area contributed by atoms with Crippen molar-refractivity contribution in [2.45, 2.75) is 12.5 Å². The van der Waals surface area contributed by atoms with Gasteiger partial charge in [-0.2, -0.15) is 0 Å². The highest BCUT2D eigenvalue weighted by molar-refractivity contribution is 6.31. The molecule has 0 aliphatic rings. The second-order valence-corrected chi connectivity index (χ2v) is 4.84. The number of alkyl halides is 1. The van der Waals surface area contributed by atoms with E-state index in [1.807, 2.05) is 0 Å². The maximum Gasteiger partial charge on any atom is 0.277 e. The van der Waals surface area contributed by atoms with Crippen LogP contribution in [0.15, 0.2) is 36.4 Å². The Morgan fingerprint density at radius 1 is 1.29 bits per heavy atom. The molecule has 21 heavy (non-hydrogen) atoms. The second kappa shape index (κ2) is 6.74. The van der Waals surface area contributed by atoms with Crippen molar-refractivity contribution in [2.24, 2.45) is 0 Å². The van der Waals surface area contributed by atoms with Crippen LogP contribution in [0.5, 0.6) is 5.75 Å². The molecular formula is C14H10Cl2FNO3. The van der Waals surface area contributed by atoms with E-state index in [1.54, 1.807) is 6.07 Å². The van der Waals surface area contributed by atoms with Crippen LogP contribution in [0.2, 0.25) is 5.02 Å². The van der Waals surface area contributed by atoms with Crippen LogP contribution in [0, 0.1) is 15.9 Å². The number of rotatable bonds is 5. The van der Waals surface area contributed by atoms with Crippen LogP contribution < -0.4 is 4.74 Å². The van der Waals surface area contributed by atoms with Gasteiger partial charge in [-0.05, 0) is 24.3 Å². The largest absolute Gasteiger partial charge is 0.488 e. The van der Waals surface area contributed by atoms with Crippen molar-refractivity contribution in [1.82, 2.24) is 0 Å². The highest BCUT2D eigenvalue weighted by Gasteiger charge is 2.17. The minimum Gasteiger partial charge on any atom is -0.488 e. The van der Waals surface area contributed by atoms with Crippen LogP contribution in [-0.2, 0) is 12.5 Å². The topological polar surface area (TPSA) is 52.4 Å². The third kappa shape index (κ3) is 3.62. The molecule has 4 nitrogen and oxygen atoms in total. The lowest BCUT2D eigenvalue weighted by molar-refractivity contribution is -0.385. The van der Waals surface area contributed by atoms with Gasteiger partial charge >= 0.3 is 0 Å². The SMILES string of the molecule is O=[N+]([O-])c1cccc(Cl)c1COc1ccc(F)cc1CCl. The molecule has 110 valence electrons. The lowest BCUT2D eigenvalue weighted by atomic mass is 10.2. The fourth-order valence-corrected chi connectivity index (χ4v) is 2.24. The van der Waals surface area contributed by atoms with Crippen molar-refractivity contribution < 1.29 is 14.1 Å². The Balaban J connectivity index is 2.27. The van der Waals surface area contributed by atoms with Crippen LogP contribution in [0.1, 0.15) is 11.1 Å². The first-order chi connectivity index (χ1) is 10.0. The Morgan fingerprint density at radius 3 is 2.71 bits per heavy atom. The molecule has 7 heteroatoms. The van der Waals surface area contributed by atoms with E-state index < -0.39 is 10.7 Å². The molecule has 0 N–H and O–H groups in total. The highest BCUT2D eigenvalue weighted by atomic mass is 35.5. The number of ether oxygens (including phenoxy) is 1. The van der Waals surface area contributed by atoms with Gasteiger partial charge in [-0.3, -0.25) is 10.1 Å². The summed E-state index contributed by atoms with van der Waals surface area (Å²) in [5.41, 5.74) is 0.595. The molecule has 0 aliphatic carbocycles. The maximum absolute atomic E-state index is 13.1. The van der Waals surface area contributed by atoms with Gasteiger partial charge in [0.1, 0.15) is 18.2 Å². The van der Waals surface area contributed by atoms with Gasteiger partial charge in [0.2, 0.25) is 0 Å². The second-order valence-electron chi connectivity index (χ2n) is 4.17. The van der Waals surface area contributed by atoms with Crippen LogP contribution >= 0.6 is 23.2 Å². The Morgan fingerprint density at radius 2 is 2.05 bits per heavy atom. The summed E-state index contributed by atoms with van der Waals surface area (Å²) in [5, 5.41) is 11.2. The normalized spacial score (nSPS) is 10.4. The molecule has 0 saturated carbocycles. The number of nitro benzene ring substituents is 1. The van der Waals surface area contributed by atoms with Crippen LogP contribution in [0.25, 0.3) is 0 Å². The summed E-state index contributed by atoms with van der Waals surface area (Å²) in [6.45, 7) is -0.106. The molecule has 2 rings (SSSR count). The Kier molecular flexibility index (Phi) is 4.98. The average Bonchev–Trinajstić information content (AvgIpc) is 2.46. The summed E-state index contributed by atoms with van der Waals surface area (Å²) in [7, 11) is 0. The van der Waals surface area contributed by atoms with E-state index in [2.05, 4.69) is 0 Å². The van der Waals surface area contributed by atoms with Crippen molar-refractivity contribution in [3.05, 3.63) is 68.5 Å². The zero-order valence-electron chi connectivity index (χ0n) is 10.7. The van der Waals surface area contributed by atoms with E-state index in [0.29, 0.717) is 11.3 Å². The van der Waals surface area contributed by atoms with Gasteiger partial charge in [-0.1, -0.05) is 17.7 Å². The van der Waals surface area contributed by atoms with Crippen molar-refractivity contribution in [3.63, 3.8) is 0 Å². The summed E-state index contributed by atoms with van der Waals surface area (Å²) in [6.07, 6.45) is 0. The quantitative estimate of drug-likeness (QED) is 0.453. The smallest absolute Gasteiger partial charge is 0.277 e. The molecule has 0 amide bonds. The van der Waals surface area contributed by atoms with Crippen molar-refractivity contribution in [2.75, 3.05) is 0 Å². The first-order valence-corrected chi connectivity index (χ1v) is 6.83. The summed E-state index contributed by atoms with van der Waals surface area (Å²) < 4.78 is 18.6.